The van der Waals surface area contributed by atoms with Crippen molar-refractivity contribution in [1.82, 2.24) is 15.2 Å². The summed E-state index contributed by atoms with van der Waals surface area (Å²) in [6.45, 7) is 7.24. The molecule has 140 valence electrons. The third-order valence-electron chi connectivity index (χ3n) is 5.34. The van der Waals surface area contributed by atoms with Gasteiger partial charge in [-0.2, -0.15) is 0 Å². The number of halogens is 1. The molecule has 0 bridgehead atoms. The lowest BCUT2D eigenvalue weighted by molar-refractivity contribution is 0.292. The van der Waals surface area contributed by atoms with E-state index in [1.807, 2.05) is 12.1 Å². The summed E-state index contributed by atoms with van der Waals surface area (Å²) in [6, 6.07) is 17.1. The highest BCUT2D eigenvalue weighted by Crippen LogP contribution is 2.44. The molecular weight excluding hydrogens is 374 g/mol. The van der Waals surface area contributed by atoms with Gasteiger partial charge in [0.1, 0.15) is 0 Å². The molecule has 0 aliphatic carbocycles. The van der Waals surface area contributed by atoms with Crippen LogP contribution < -0.4 is 5.32 Å². The standard InChI is InChI=1S/C22H24ClN3S/c1-13(2)24-22(27)26-12-17(15-8-4-6-10-18(15)23)20-16-9-5-7-11-19(16)25-21(20)14(26)3/h4-11,13-14,17,25H,12H2,1-3H3,(H,24,27). The SMILES string of the molecule is CC(C)NC(=S)N1CC(c2ccccc2Cl)c2c([nH]c3ccccc23)C1C. The largest absolute Gasteiger partial charge is 0.360 e. The predicted octanol–water partition coefficient (Wildman–Crippen LogP) is 5.61. The van der Waals surface area contributed by atoms with Crippen LogP contribution in [-0.2, 0) is 0 Å². The normalized spacial score (nSPS) is 19.4. The van der Waals surface area contributed by atoms with Crippen molar-refractivity contribution in [2.75, 3.05) is 6.54 Å². The Labute approximate surface area is 170 Å². The molecule has 1 aliphatic rings. The van der Waals surface area contributed by atoms with E-state index in [2.05, 4.69) is 72.4 Å². The van der Waals surface area contributed by atoms with E-state index in [4.69, 9.17) is 23.8 Å². The first-order valence-electron chi connectivity index (χ1n) is 9.39. The van der Waals surface area contributed by atoms with E-state index in [1.165, 1.54) is 16.6 Å². The zero-order valence-corrected chi connectivity index (χ0v) is 17.4. The second-order valence-corrected chi connectivity index (χ2v) is 8.30. The molecule has 0 amide bonds. The van der Waals surface area contributed by atoms with Crippen LogP contribution in [0.3, 0.4) is 0 Å². The molecule has 2 unspecified atom stereocenters. The van der Waals surface area contributed by atoms with Crippen molar-refractivity contribution in [3.05, 3.63) is 70.4 Å². The van der Waals surface area contributed by atoms with Crippen LogP contribution in [0.5, 0.6) is 0 Å². The number of H-pyrrole nitrogens is 1. The number of nitrogens with zero attached hydrogens (tertiary/aromatic N) is 1. The summed E-state index contributed by atoms with van der Waals surface area (Å²) in [5, 5.41) is 6.27. The van der Waals surface area contributed by atoms with Crippen LogP contribution in [0.2, 0.25) is 5.02 Å². The average molecular weight is 398 g/mol. The highest BCUT2D eigenvalue weighted by molar-refractivity contribution is 7.80. The average Bonchev–Trinajstić information content (AvgIpc) is 3.02. The van der Waals surface area contributed by atoms with E-state index in [0.717, 1.165) is 27.8 Å². The summed E-state index contributed by atoms with van der Waals surface area (Å²) in [4.78, 5) is 5.93. The summed E-state index contributed by atoms with van der Waals surface area (Å²) in [5.41, 5.74) is 4.88. The molecule has 3 aromatic rings. The quantitative estimate of drug-likeness (QED) is 0.551. The number of nitrogens with one attached hydrogen (secondary N) is 2. The summed E-state index contributed by atoms with van der Waals surface area (Å²) in [6.07, 6.45) is 0. The third kappa shape index (κ3) is 3.21. The molecule has 2 heterocycles. The summed E-state index contributed by atoms with van der Waals surface area (Å²) < 4.78 is 0. The van der Waals surface area contributed by atoms with Gasteiger partial charge in [0.15, 0.2) is 5.11 Å². The van der Waals surface area contributed by atoms with Crippen molar-refractivity contribution in [1.29, 1.82) is 0 Å². The molecule has 1 aliphatic heterocycles. The van der Waals surface area contributed by atoms with Gasteiger partial charge in [-0.25, -0.2) is 0 Å². The fraction of sp³-hybridized carbons (Fsp3) is 0.318. The fourth-order valence-electron chi connectivity index (χ4n) is 4.09. The van der Waals surface area contributed by atoms with Crippen LogP contribution in [0.4, 0.5) is 0 Å². The van der Waals surface area contributed by atoms with E-state index < -0.39 is 0 Å². The number of hydrogen-bond acceptors (Lipinski definition) is 1. The van der Waals surface area contributed by atoms with Gasteiger partial charge in [0.05, 0.1) is 6.04 Å². The minimum atomic E-state index is 0.160. The first-order valence-corrected chi connectivity index (χ1v) is 10.2. The van der Waals surface area contributed by atoms with Gasteiger partial charge >= 0.3 is 0 Å². The van der Waals surface area contributed by atoms with Crippen LogP contribution >= 0.6 is 23.8 Å². The molecule has 2 aromatic carbocycles. The van der Waals surface area contributed by atoms with Gasteiger partial charge < -0.3 is 15.2 Å². The highest BCUT2D eigenvalue weighted by atomic mass is 35.5. The lowest BCUT2D eigenvalue weighted by Gasteiger charge is -2.40. The molecule has 4 rings (SSSR count). The van der Waals surface area contributed by atoms with Crippen molar-refractivity contribution in [2.45, 2.75) is 38.8 Å². The number of fused-ring (bicyclic) bond motifs is 3. The van der Waals surface area contributed by atoms with E-state index in [0.29, 0.717) is 6.04 Å². The summed E-state index contributed by atoms with van der Waals surface area (Å²) in [5.74, 6) is 0.160. The Morgan fingerprint density at radius 1 is 1.19 bits per heavy atom. The Kier molecular flexibility index (Phi) is 4.87. The number of aromatic nitrogens is 1. The molecule has 5 heteroatoms. The smallest absolute Gasteiger partial charge is 0.169 e. The molecule has 0 saturated carbocycles. The number of hydrogen-bond donors (Lipinski definition) is 2. The summed E-state index contributed by atoms with van der Waals surface area (Å²) >= 11 is 12.4. The van der Waals surface area contributed by atoms with Gasteiger partial charge in [-0.3, -0.25) is 0 Å². The van der Waals surface area contributed by atoms with Crippen molar-refractivity contribution in [3.63, 3.8) is 0 Å². The highest BCUT2D eigenvalue weighted by Gasteiger charge is 2.36. The first-order chi connectivity index (χ1) is 13.0. The Morgan fingerprint density at radius 2 is 1.89 bits per heavy atom. The second-order valence-electron chi connectivity index (χ2n) is 7.50. The lowest BCUT2D eigenvalue weighted by atomic mass is 9.84. The Balaban J connectivity index is 1.89. The maximum Gasteiger partial charge on any atom is 0.169 e. The van der Waals surface area contributed by atoms with E-state index in [-0.39, 0.29) is 12.0 Å². The zero-order chi connectivity index (χ0) is 19.1. The van der Waals surface area contributed by atoms with Gasteiger partial charge in [0.25, 0.3) is 0 Å². The lowest BCUT2D eigenvalue weighted by Crippen LogP contribution is -2.48. The minimum Gasteiger partial charge on any atom is -0.360 e. The maximum absolute atomic E-state index is 6.61. The predicted molar refractivity (Wildman–Crippen MR) is 118 cm³/mol. The van der Waals surface area contributed by atoms with Gasteiger partial charge in [-0.05, 0) is 56.2 Å². The summed E-state index contributed by atoms with van der Waals surface area (Å²) in [7, 11) is 0. The van der Waals surface area contributed by atoms with Gasteiger partial charge in [-0.1, -0.05) is 48.0 Å². The van der Waals surface area contributed by atoms with Crippen molar-refractivity contribution in [3.8, 4) is 0 Å². The van der Waals surface area contributed by atoms with Crippen LogP contribution in [-0.4, -0.2) is 27.6 Å². The first kappa shape index (κ1) is 18.3. The van der Waals surface area contributed by atoms with Gasteiger partial charge in [0.2, 0.25) is 0 Å². The molecule has 2 N–H and O–H groups in total. The zero-order valence-electron chi connectivity index (χ0n) is 15.8. The molecule has 0 fully saturated rings. The van der Waals surface area contributed by atoms with E-state index in [1.54, 1.807) is 0 Å². The van der Waals surface area contributed by atoms with Crippen LogP contribution in [0, 0.1) is 0 Å². The molecule has 1 aromatic heterocycles. The number of benzene rings is 2. The van der Waals surface area contributed by atoms with Gasteiger partial charge in [-0.15, -0.1) is 0 Å². The van der Waals surface area contributed by atoms with Gasteiger partial charge in [0, 0.05) is 40.1 Å². The number of para-hydroxylation sites is 1. The van der Waals surface area contributed by atoms with E-state index >= 15 is 0 Å². The van der Waals surface area contributed by atoms with Crippen molar-refractivity contribution >= 4 is 39.8 Å². The fourth-order valence-corrected chi connectivity index (χ4v) is 4.83. The van der Waals surface area contributed by atoms with Crippen LogP contribution in [0.1, 0.15) is 49.6 Å². The Morgan fingerprint density at radius 3 is 2.63 bits per heavy atom. The third-order valence-corrected chi connectivity index (χ3v) is 6.04. The molecule has 3 nitrogen and oxygen atoms in total. The second kappa shape index (κ2) is 7.17. The minimum absolute atomic E-state index is 0.160. The van der Waals surface area contributed by atoms with Crippen molar-refractivity contribution in [2.24, 2.45) is 0 Å². The maximum atomic E-state index is 6.61. The number of thiocarbonyl (C=S) groups is 1. The van der Waals surface area contributed by atoms with Crippen molar-refractivity contribution < 1.29 is 0 Å². The monoisotopic (exact) mass is 397 g/mol. The molecule has 2 atom stereocenters. The molecule has 0 spiro atoms. The molecular formula is C22H24ClN3S. The topological polar surface area (TPSA) is 31.1 Å². The molecule has 27 heavy (non-hydrogen) atoms. The number of rotatable bonds is 2. The number of aromatic amines is 1. The Hall–Kier alpha value is -2.04. The van der Waals surface area contributed by atoms with E-state index in [9.17, 15) is 0 Å². The molecule has 0 saturated heterocycles. The van der Waals surface area contributed by atoms with Crippen LogP contribution in [0.25, 0.3) is 10.9 Å². The Bertz CT molecular complexity index is 994. The molecule has 0 radical (unpaired) electrons. The van der Waals surface area contributed by atoms with Crippen LogP contribution in [0.15, 0.2) is 48.5 Å².